The number of fused-ring (bicyclic) bond motifs is 1. The zero-order valence-corrected chi connectivity index (χ0v) is 16.4. The molecule has 1 aliphatic carbocycles. The molecule has 3 aromatic heterocycles. The number of carbonyl (C=O) groups is 1. The van der Waals surface area contributed by atoms with Crippen LogP contribution in [0.15, 0.2) is 24.4 Å². The van der Waals surface area contributed by atoms with Gasteiger partial charge in [0.05, 0.1) is 17.4 Å². The molecule has 1 atom stereocenters. The van der Waals surface area contributed by atoms with E-state index in [4.69, 9.17) is 0 Å². The number of rotatable bonds is 3. The molecule has 0 saturated heterocycles. The molecule has 4 rings (SSSR count). The molecule has 0 aliphatic heterocycles. The molecule has 0 unspecified atom stereocenters. The van der Waals surface area contributed by atoms with E-state index in [9.17, 15) is 31.1 Å². The Hall–Kier alpha value is -3.45. The molecule has 0 radical (unpaired) electrons. The van der Waals surface area contributed by atoms with Gasteiger partial charge in [0.15, 0.2) is 5.69 Å². The van der Waals surface area contributed by atoms with Gasteiger partial charge in [-0.05, 0) is 31.4 Å². The Labute approximate surface area is 176 Å². The second-order valence-electron chi connectivity index (χ2n) is 7.17. The maximum Gasteiger partial charge on any atom is 0.435 e. The molecule has 32 heavy (non-hydrogen) atoms. The van der Waals surface area contributed by atoms with Crippen molar-refractivity contribution in [2.24, 2.45) is 7.05 Å². The first-order chi connectivity index (χ1) is 14.9. The third kappa shape index (κ3) is 4.16. The van der Waals surface area contributed by atoms with Gasteiger partial charge in [-0.3, -0.25) is 14.5 Å². The van der Waals surface area contributed by atoms with Crippen molar-refractivity contribution in [1.29, 1.82) is 0 Å². The summed E-state index contributed by atoms with van der Waals surface area (Å²) in [5, 5.41) is 14.4. The summed E-state index contributed by atoms with van der Waals surface area (Å²) in [7, 11) is 1.22. The minimum atomic E-state index is -4.70. The number of halogens is 6. The van der Waals surface area contributed by atoms with Crippen molar-refractivity contribution in [1.82, 2.24) is 35.1 Å². The van der Waals surface area contributed by atoms with Crippen LogP contribution in [-0.2, 0) is 25.8 Å². The molecule has 1 aliphatic rings. The van der Waals surface area contributed by atoms with Gasteiger partial charge in [0.2, 0.25) is 0 Å². The number of nitrogens with zero attached hydrogens (tertiary/aromatic N) is 6. The summed E-state index contributed by atoms with van der Waals surface area (Å²) in [5.74, 6) is -0.786. The van der Waals surface area contributed by atoms with Crippen molar-refractivity contribution in [3.05, 3.63) is 52.9 Å². The lowest BCUT2D eigenvalue weighted by molar-refractivity contribution is -0.142. The fourth-order valence-corrected chi connectivity index (χ4v) is 3.41. The lowest BCUT2D eigenvalue weighted by atomic mass is 9.96. The highest BCUT2D eigenvalue weighted by atomic mass is 19.4. The molecule has 0 aromatic carbocycles. The standard InChI is InChI=1S/C18H15F6N7O/c1-30-12(8-14(28-30)18(22,23)24)16(32)26-10-3-2-4-11-15(10)29-31(27-11)9-5-6-25-13(7-9)17(19,20)21/h5-8,10H,2-4H2,1H3,(H,26,32)/t10-/m1/s1. The molecular formula is C18H15F6N7O. The quantitative estimate of drug-likeness (QED) is 0.608. The largest absolute Gasteiger partial charge is 0.435 e. The van der Waals surface area contributed by atoms with Crippen LogP contribution in [0.5, 0.6) is 0 Å². The SMILES string of the molecule is Cn1nc(C(F)(F)F)cc1C(=O)N[C@@H]1CCCc2nn(-c3ccnc(C(F)(F)F)c3)nc21. The van der Waals surface area contributed by atoms with Crippen LogP contribution in [0.25, 0.3) is 5.69 Å². The Morgan fingerprint density at radius 2 is 1.78 bits per heavy atom. The maximum atomic E-state index is 12.9. The number of hydrogen-bond acceptors (Lipinski definition) is 5. The zero-order valence-electron chi connectivity index (χ0n) is 16.4. The molecule has 0 bridgehead atoms. The molecule has 3 heterocycles. The Kier molecular flexibility index (Phi) is 5.17. The summed E-state index contributed by atoms with van der Waals surface area (Å²) < 4.78 is 78.3. The number of nitrogens with one attached hydrogen (secondary N) is 1. The summed E-state index contributed by atoms with van der Waals surface area (Å²) >= 11 is 0. The van der Waals surface area contributed by atoms with E-state index in [0.717, 1.165) is 21.7 Å². The smallest absolute Gasteiger partial charge is 0.342 e. The third-order valence-corrected chi connectivity index (χ3v) is 4.92. The lowest BCUT2D eigenvalue weighted by Crippen LogP contribution is -2.32. The minimum Gasteiger partial charge on any atom is -0.342 e. The highest BCUT2D eigenvalue weighted by Gasteiger charge is 2.36. The summed E-state index contributed by atoms with van der Waals surface area (Å²) in [4.78, 5) is 16.9. The van der Waals surface area contributed by atoms with Crippen molar-refractivity contribution in [2.45, 2.75) is 37.7 Å². The van der Waals surface area contributed by atoms with Crippen LogP contribution in [0.2, 0.25) is 0 Å². The Morgan fingerprint density at radius 1 is 1.06 bits per heavy atom. The topological polar surface area (TPSA) is 90.5 Å². The normalized spacial score (nSPS) is 16.7. The highest BCUT2D eigenvalue weighted by Crippen LogP contribution is 2.31. The van der Waals surface area contributed by atoms with Crippen molar-refractivity contribution in [2.75, 3.05) is 0 Å². The van der Waals surface area contributed by atoms with Gasteiger partial charge in [-0.1, -0.05) is 0 Å². The molecule has 1 N–H and O–H groups in total. The molecule has 3 aromatic rings. The van der Waals surface area contributed by atoms with Crippen LogP contribution in [0.1, 0.15) is 52.1 Å². The van der Waals surface area contributed by atoms with Gasteiger partial charge in [0.1, 0.15) is 17.1 Å². The van der Waals surface area contributed by atoms with E-state index in [1.54, 1.807) is 0 Å². The number of aryl methyl sites for hydroxylation is 2. The molecule has 0 spiro atoms. The molecule has 1 amide bonds. The average molecular weight is 459 g/mol. The van der Waals surface area contributed by atoms with Crippen molar-refractivity contribution < 1.29 is 31.1 Å². The van der Waals surface area contributed by atoms with E-state index in [1.165, 1.54) is 13.1 Å². The number of carbonyl (C=O) groups excluding carboxylic acids is 1. The van der Waals surface area contributed by atoms with Crippen LogP contribution in [0, 0.1) is 0 Å². The number of aromatic nitrogens is 6. The Morgan fingerprint density at radius 3 is 2.44 bits per heavy atom. The molecule has 14 heteroatoms. The van der Waals surface area contributed by atoms with Gasteiger partial charge in [0, 0.05) is 19.3 Å². The van der Waals surface area contributed by atoms with E-state index in [0.29, 0.717) is 36.7 Å². The van der Waals surface area contributed by atoms with Crippen molar-refractivity contribution in [3.63, 3.8) is 0 Å². The van der Waals surface area contributed by atoms with E-state index in [-0.39, 0.29) is 11.4 Å². The molecule has 8 nitrogen and oxygen atoms in total. The summed E-state index contributed by atoms with van der Waals surface area (Å²) in [6.07, 6.45) is -6.83. The first-order valence-electron chi connectivity index (χ1n) is 9.35. The summed E-state index contributed by atoms with van der Waals surface area (Å²) in [6.45, 7) is 0. The van der Waals surface area contributed by atoms with E-state index in [2.05, 4.69) is 25.6 Å². The number of alkyl halides is 6. The monoisotopic (exact) mass is 459 g/mol. The van der Waals surface area contributed by atoms with E-state index >= 15 is 0 Å². The lowest BCUT2D eigenvalue weighted by Gasteiger charge is -2.21. The van der Waals surface area contributed by atoms with Crippen LogP contribution < -0.4 is 5.32 Å². The Bertz CT molecular complexity index is 1160. The molecular weight excluding hydrogens is 444 g/mol. The second-order valence-corrected chi connectivity index (χ2v) is 7.17. The number of amides is 1. The summed E-state index contributed by atoms with van der Waals surface area (Å²) in [5.41, 5.74) is -1.74. The third-order valence-electron chi connectivity index (χ3n) is 4.92. The van der Waals surface area contributed by atoms with Gasteiger partial charge < -0.3 is 5.32 Å². The number of hydrogen-bond donors (Lipinski definition) is 1. The molecule has 0 saturated carbocycles. The zero-order chi connectivity index (χ0) is 23.3. The Balaban J connectivity index is 1.60. The van der Waals surface area contributed by atoms with Crippen molar-refractivity contribution in [3.8, 4) is 5.69 Å². The van der Waals surface area contributed by atoms with Crippen LogP contribution in [0.4, 0.5) is 26.3 Å². The van der Waals surface area contributed by atoms with Crippen LogP contribution in [0.3, 0.4) is 0 Å². The van der Waals surface area contributed by atoms with Gasteiger partial charge in [0.25, 0.3) is 5.91 Å². The first-order valence-corrected chi connectivity index (χ1v) is 9.35. The first kappa shape index (κ1) is 21.8. The maximum absolute atomic E-state index is 12.9. The summed E-state index contributed by atoms with van der Waals surface area (Å²) in [6, 6.07) is 2.08. The number of pyridine rings is 1. The fourth-order valence-electron chi connectivity index (χ4n) is 3.41. The molecule has 170 valence electrons. The van der Waals surface area contributed by atoms with E-state index in [1.807, 2.05) is 0 Å². The molecule has 0 fully saturated rings. The van der Waals surface area contributed by atoms with Crippen LogP contribution >= 0.6 is 0 Å². The van der Waals surface area contributed by atoms with E-state index < -0.39 is 35.7 Å². The van der Waals surface area contributed by atoms with Crippen LogP contribution in [-0.4, -0.2) is 35.7 Å². The predicted octanol–water partition coefficient (Wildman–Crippen LogP) is 3.24. The fraction of sp³-hybridized carbons (Fsp3) is 0.389. The van der Waals surface area contributed by atoms with Gasteiger partial charge in [-0.2, -0.15) is 46.4 Å². The van der Waals surface area contributed by atoms with Gasteiger partial charge in [-0.15, -0.1) is 0 Å². The predicted molar refractivity (Wildman–Crippen MR) is 95.5 cm³/mol. The van der Waals surface area contributed by atoms with Crippen molar-refractivity contribution >= 4 is 5.91 Å². The highest BCUT2D eigenvalue weighted by molar-refractivity contribution is 5.93. The minimum absolute atomic E-state index is 0.0354. The van der Waals surface area contributed by atoms with Gasteiger partial charge >= 0.3 is 12.4 Å². The van der Waals surface area contributed by atoms with Gasteiger partial charge in [-0.25, -0.2) is 0 Å². The average Bonchev–Trinajstić information content (AvgIpc) is 3.32. The second kappa shape index (κ2) is 7.60.